The summed E-state index contributed by atoms with van der Waals surface area (Å²) in [5.41, 5.74) is 1.24. The van der Waals surface area contributed by atoms with Crippen LogP contribution in [-0.2, 0) is 16.8 Å². The number of aromatic nitrogens is 2. The summed E-state index contributed by atoms with van der Waals surface area (Å²) in [6, 6.07) is 12.4. The molecular formula is C22H19Cl2N3O2. The fourth-order valence-electron chi connectivity index (χ4n) is 3.80. The number of amides is 1. The molecule has 0 N–H and O–H groups in total. The van der Waals surface area contributed by atoms with Crippen LogP contribution in [0, 0.1) is 0 Å². The van der Waals surface area contributed by atoms with Gasteiger partial charge in [0.05, 0.1) is 5.69 Å². The highest BCUT2D eigenvalue weighted by molar-refractivity contribution is 6.35. The Kier molecular flexibility index (Phi) is 4.97. The smallest absolute Gasteiger partial charge is 0.260 e. The van der Waals surface area contributed by atoms with Crippen LogP contribution < -0.4 is 4.90 Å². The van der Waals surface area contributed by atoms with Crippen molar-refractivity contribution in [3.05, 3.63) is 76.0 Å². The Bertz CT molecular complexity index is 1100. The molecule has 5 nitrogen and oxygen atoms in total. The van der Waals surface area contributed by atoms with Crippen LogP contribution in [0.5, 0.6) is 0 Å². The van der Waals surface area contributed by atoms with Gasteiger partial charge < -0.3 is 4.57 Å². The highest BCUT2D eigenvalue weighted by Gasteiger charge is 2.48. The predicted octanol–water partition coefficient (Wildman–Crippen LogP) is 5.42. The molecule has 7 heteroatoms. The van der Waals surface area contributed by atoms with Gasteiger partial charge in [0.1, 0.15) is 5.54 Å². The van der Waals surface area contributed by atoms with E-state index < -0.39 is 5.54 Å². The van der Waals surface area contributed by atoms with Gasteiger partial charge in [-0.05, 0) is 36.8 Å². The predicted molar refractivity (Wildman–Crippen MR) is 114 cm³/mol. The molecule has 0 bridgehead atoms. The maximum Gasteiger partial charge on any atom is 0.260 e. The third kappa shape index (κ3) is 3.34. The number of anilines is 2. The Morgan fingerprint density at radius 3 is 2.55 bits per heavy atom. The molecule has 1 aliphatic rings. The zero-order chi connectivity index (χ0) is 20.8. The summed E-state index contributed by atoms with van der Waals surface area (Å²) in [6.07, 6.45) is 4.32. The molecule has 0 aliphatic carbocycles. The summed E-state index contributed by atoms with van der Waals surface area (Å²) in [6.45, 7) is 3.71. The normalized spacial score (nSPS) is 18.2. The van der Waals surface area contributed by atoms with Crippen molar-refractivity contribution < 1.29 is 9.59 Å². The monoisotopic (exact) mass is 427 g/mol. The van der Waals surface area contributed by atoms with Crippen molar-refractivity contribution in [1.29, 1.82) is 0 Å². The van der Waals surface area contributed by atoms with Gasteiger partial charge in [-0.25, -0.2) is 9.88 Å². The molecule has 148 valence electrons. The summed E-state index contributed by atoms with van der Waals surface area (Å²) in [7, 11) is 0. The molecule has 1 unspecified atom stereocenters. The van der Waals surface area contributed by atoms with Gasteiger partial charge in [-0.15, -0.1) is 0 Å². The number of carbonyl (C=O) groups excluding carboxylic acids is 2. The molecule has 1 amide bonds. The van der Waals surface area contributed by atoms with E-state index in [2.05, 4.69) is 4.98 Å². The Balaban J connectivity index is 1.75. The maximum absolute atomic E-state index is 13.6. The van der Waals surface area contributed by atoms with Crippen molar-refractivity contribution in [2.75, 3.05) is 4.90 Å². The summed E-state index contributed by atoms with van der Waals surface area (Å²) in [5, 5.41) is 0.885. The summed E-state index contributed by atoms with van der Waals surface area (Å²) >= 11 is 12.3. The second-order valence-corrected chi connectivity index (χ2v) is 8.17. The molecule has 2 heterocycles. The lowest BCUT2D eigenvalue weighted by molar-refractivity contribution is -0.123. The van der Waals surface area contributed by atoms with E-state index in [4.69, 9.17) is 23.2 Å². The van der Waals surface area contributed by atoms with Crippen molar-refractivity contribution in [3.8, 4) is 0 Å². The average molecular weight is 428 g/mol. The standard InChI is InChI=1S/C22H19Cl2N3O2/c1-3-19(28)15-6-4-5-14(9-15)13-22(2)20(29)27(21-25-7-8-26(21)22)18-11-16(23)10-17(24)12-18/h4-12H,3,13H2,1-2H3. The van der Waals surface area contributed by atoms with Crippen molar-refractivity contribution in [3.63, 3.8) is 0 Å². The van der Waals surface area contributed by atoms with E-state index in [9.17, 15) is 9.59 Å². The molecule has 1 aliphatic heterocycles. The lowest BCUT2D eigenvalue weighted by Gasteiger charge is -2.25. The molecule has 29 heavy (non-hydrogen) atoms. The van der Waals surface area contributed by atoms with Gasteiger partial charge in [0.15, 0.2) is 5.78 Å². The average Bonchev–Trinajstić information content (AvgIpc) is 3.23. The number of hydrogen-bond acceptors (Lipinski definition) is 3. The van der Waals surface area contributed by atoms with E-state index in [1.54, 1.807) is 41.6 Å². The van der Waals surface area contributed by atoms with Crippen molar-refractivity contribution in [2.45, 2.75) is 32.2 Å². The minimum Gasteiger partial charge on any atom is -0.301 e. The van der Waals surface area contributed by atoms with Crippen LogP contribution in [0.2, 0.25) is 10.0 Å². The number of halogens is 2. The Labute approximate surface area is 178 Å². The van der Waals surface area contributed by atoms with Crippen LogP contribution in [0.4, 0.5) is 11.6 Å². The van der Waals surface area contributed by atoms with Gasteiger partial charge in [-0.1, -0.05) is 48.3 Å². The van der Waals surface area contributed by atoms with Gasteiger partial charge >= 0.3 is 0 Å². The minimum absolute atomic E-state index is 0.0771. The van der Waals surface area contributed by atoms with E-state index in [0.29, 0.717) is 40.1 Å². The molecule has 1 atom stereocenters. The van der Waals surface area contributed by atoms with E-state index in [1.807, 2.05) is 36.6 Å². The summed E-state index contributed by atoms with van der Waals surface area (Å²) in [4.78, 5) is 31.6. The van der Waals surface area contributed by atoms with Crippen LogP contribution in [0.1, 0.15) is 36.2 Å². The maximum atomic E-state index is 13.6. The van der Waals surface area contributed by atoms with Gasteiger partial charge in [-0.3, -0.25) is 9.59 Å². The third-order valence-electron chi connectivity index (χ3n) is 5.24. The highest BCUT2D eigenvalue weighted by Crippen LogP contribution is 2.42. The SMILES string of the molecule is CCC(=O)c1cccc(CC2(C)C(=O)N(c3cc(Cl)cc(Cl)c3)c3nccn32)c1. The number of ketones is 1. The number of carbonyl (C=O) groups is 2. The lowest BCUT2D eigenvalue weighted by Crippen LogP contribution is -2.40. The van der Waals surface area contributed by atoms with Gasteiger partial charge in [0.25, 0.3) is 5.91 Å². The van der Waals surface area contributed by atoms with Crippen LogP contribution >= 0.6 is 23.2 Å². The first-order valence-electron chi connectivity index (χ1n) is 9.30. The number of fused-ring (bicyclic) bond motifs is 1. The number of rotatable bonds is 5. The first kappa shape index (κ1) is 19.7. The number of Topliss-reactive ketones (excluding diaryl/α,β-unsaturated/α-hetero) is 1. The molecule has 2 aromatic carbocycles. The number of hydrogen-bond donors (Lipinski definition) is 0. The Hall–Kier alpha value is -2.63. The topological polar surface area (TPSA) is 55.2 Å². The number of imidazole rings is 1. The summed E-state index contributed by atoms with van der Waals surface area (Å²) in [5.74, 6) is 0.455. The quantitative estimate of drug-likeness (QED) is 0.510. The van der Waals surface area contributed by atoms with Crippen molar-refractivity contribution >= 4 is 46.5 Å². The molecule has 3 aromatic rings. The first-order chi connectivity index (χ1) is 13.8. The molecule has 0 saturated heterocycles. The fourth-order valence-corrected chi connectivity index (χ4v) is 4.31. The third-order valence-corrected chi connectivity index (χ3v) is 5.68. The van der Waals surface area contributed by atoms with Crippen LogP contribution in [0.15, 0.2) is 54.9 Å². The van der Waals surface area contributed by atoms with E-state index in [0.717, 1.165) is 5.56 Å². The van der Waals surface area contributed by atoms with Gasteiger partial charge in [0, 0.05) is 40.8 Å². The van der Waals surface area contributed by atoms with E-state index in [-0.39, 0.29) is 11.7 Å². The summed E-state index contributed by atoms with van der Waals surface area (Å²) < 4.78 is 1.86. The molecule has 0 spiro atoms. The van der Waals surface area contributed by atoms with E-state index in [1.165, 1.54) is 0 Å². The first-order valence-corrected chi connectivity index (χ1v) is 10.1. The molecule has 0 radical (unpaired) electrons. The van der Waals surface area contributed by atoms with Crippen molar-refractivity contribution in [1.82, 2.24) is 9.55 Å². The van der Waals surface area contributed by atoms with Crippen LogP contribution in [0.3, 0.4) is 0 Å². The molecule has 0 saturated carbocycles. The lowest BCUT2D eigenvalue weighted by atomic mass is 9.90. The minimum atomic E-state index is -0.894. The number of benzene rings is 2. The van der Waals surface area contributed by atoms with Crippen molar-refractivity contribution in [2.24, 2.45) is 0 Å². The van der Waals surface area contributed by atoms with Crippen LogP contribution in [-0.4, -0.2) is 21.2 Å². The zero-order valence-corrected chi connectivity index (χ0v) is 17.5. The fraction of sp³-hybridized carbons (Fsp3) is 0.227. The highest BCUT2D eigenvalue weighted by atomic mass is 35.5. The second kappa shape index (κ2) is 7.32. The second-order valence-electron chi connectivity index (χ2n) is 7.29. The Morgan fingerprint density at radius 2 is 1.86 bits per heavy atom. The van der Waals surface area contributed by atoms with Gasteiger partial charge in [-0.2, -0.15) is 0 Å². The van der Waals surface area contributed by atoms with Crippen LogP contribution in [0.25, 0.3) is 0 Å². The molecular weight excluding hydrogens is 409 g/mol. The largest absolute Gasteiger partial charge is 0.301 e. The number of nitrogens with zero attached hydrogens (tertiary/aromatic N) is 3. The van der Waals surface area contributed by atoms with E-state index >= 15 is 0 Å². The molecule has 4 rings (SSSR count). The van der Waals surface area contributed by atoms with Gasteiger partial charge in [0.2, 0.25) is 5.95 Å². The molecule has 0 fully saturated rings. The zero-order valence-electron chi connectivity index (χ0n) is 16.0. The molecule has 1 aromatic heterocycles. The Morgan fingerprint density at radius 1 is 1.14 bits per heavy atom.